The van der Waals surface area contributed by atoms with Crippen molar-refractivity contribution in [2.75, 3.05) is 5.32 Å². The fourth-order valence-corrected chi connectivity index (χ4v) is 2.77. The Morgan fingerprint density at radius 2 is 2.00 bits per heavy atom. The fraction of sp³-hybridized carbons (Fsp3) is 0.222. The standard InChI is InChI=1S/C18H19ClN4O/c1-12-10-20-23(11-14-6-4-5-7-16(14)19)17(12)21-18(24)15-8-9-22(3)13(15)2/h4-10H,11H2,1-3H3,(H,21,24). The van der Waals surface area contributed by atoms with Gasteiger partial charge >= 0.3 is 0 Å². The topological polar surface area (TPSA) is 51.9 Å². The Kier molecular flexibility index (Phi) is 4.44. The van der Waals surface area contributed by atoms with Gasteiger partial charge in [0.1, 0.15) is 5.82 Å². The molecule has 2 aromatic heterocycles. The largest absolute Gasteiger partial charge is 0.354 e. The first-order chi connectivity index (χ1) is 11.5. The number of hydrogen-bond donors (Lipinski definition) is 1. The molecule has 0 saturated heterocycles. The molecule has 0 spiro atoms. The number of carbonyl (C=O) groups excluding carboxylic acids is 1. The van der Waals surface area contributed by atoms with Crippen molar-refractivity contribution in [3.63, 3.8) is 0 Å². The lowest BCUT2D eigenvalue weighted by molar-refractivity contribution is 0.102. The zero-order chi connectivity index (χ0) is 17.3. The summed E-state index contributed by atoms with van der Waals surface area (Å²) in [6.45, 7) is 4.34. The monoisotopic (exact) mass is 342 g/mol. The van der Waals surface area contributed by atoms with Crippen LogP contribution < -0.4 is 5.32 Å². The molecule has 3 aromatic rings. The Balaban J connectivity index is 1.87. The molecule has 0 aliphatic heterocycles. The number of nitrogens with zero attached hydrogens (tertiary/aromatic N) is 3. The van der Waals surface area contributed by atoms with Crippen molar-refractivity contribution < 1.29 is 4.79 Å². The maximum Gasteiger partial charge on any atom is 0.258 e. The van der Waals surface area contributed by atoms with Crippen LogP contribution in [-0.2, 0) is 13.6 Å². The maximum atomic E-state index is 12.6. The van der Waals surface area contributed by atoms with Crippen molar-refractivity contribution in [3.8, 4) is 0 Å². The van der Waals surface area contributed by atoms with E-state index in [0.29, 0.717) is 22.9 Å². The first-order valence-corrected chi connectivity index (χ1v) is 8.04. The van der Waals surface area contributed by atoms with Crippen LogP contribution in [0.2, 0.25) is 5.02 Å². The van der Waals surface area contributed by atoms with E-state index in [1.165, 1.54) is 0 Å². The molecule has 1 amide bonds. The number of aromatic nitrogens is 3. The predicted molar refractivity (Wildman–Crippen MR) is 95.6 cm³/mol. The van der Waals surface area contributed by atoms with Gasteiger partial charge in [-0.3, -0.25) is 4.79 Å². The summed E-state index contributed by atoms with van der Waals surface area (Å²) in [5, 5.41) is 8.02. The van der Waals surface area contributed by atoms with Crippen LogP contribution in [0.3, 0.4) is 0 Å². The molecule has 0 aliphatic rings. The number of hydrogen-bond acceptors (Lipinski definition) is 2. The molecule has 3 rings (SSSR count). The fourth-order valence-electron chi connectivity index (χ4n) is 2.57. The molecule has 1 aromatic carbocycles. The third kappa shape index (κ3) is 3.08. The van der Waals surface area contributed by atoms with Crippen LogP contribution in [0.4, 0.5) is 5.82 Å². The van der Waals surface area contributed by atoms with Crippen LogP contribution >= 0.6 is 11.6 Å². The van der Waals surface area contributed by atoms with Crippen molar-refractivity contribution in [1.82, 2.24) is 14.3 Å². The molecule has 1 N–H and O–H groups in total. The first-order valence-electron chi connectivity index (χ1n) is 7.66. The molecule has 0 saturated carbocycles. The minimum Gasteiger partial charge on any atom is -0.354 e. The summed E-state index contributed by atoms with van der Waals surface area (Å²) in [6.07, 6.45) is 3.61. The minimum atomic E-state index is -0.142. The SMILES string of the molecule is Cc1cnn(Cc2ccccc2Cl)c1NC(=O)c1ccn(C)c1C. The summed E-state index contributed by atoms with van der Waals surface area (Å²) < 4.78 is 3.68. The van der Waals surface area contributed by atoms with E-state index in [1.54, 1.807) is 10.9 Å². The van der Waals surface area contributed by atoms with Gasteiger partial charge in [-0.25, -0.2) is 4.68 Å². The van der Waals surface area contributed by atoms with E-state index < -0.39 is 0 Å². The number of anilines is 1. The zero-order valence-corrected chi connectivity index (χ0v) is 14.6. The molecule has 124 valence electrons. The van der Waals surface area contributed by atoms with E-state index in [0.717, 1.165) is 16.8 Å². The Morgan fingerprint density at radius 1 is 1.25 bits per heavy atom. The van der Waals surface area contributed by atoms with Crippen LogP contribution in [0.5, 0.6) is 0 Å². The maximum absolute atomic E-state index is 12.6. The van der Waals surface area contributed by atoms with Gasteiger partial charge in [0.05, 0.1) is 18.3 Å². The lowest BCUT2D eigenvalue weighted by atomic mass is 10.2. The van der Waals surface area contributed by atoms with Gasteiger partial charge in [0, 0.05) is 29.5 Å². The van der Waals surface area contributed by atoms with Crippen molar-refractivity contribution in [3.05, 3.63) is 70.1 Å². The van der Waals surface area contributed by atoms with Gasteiger partial charge in [-0.15, -0.1) is 0 Å². The molecule has 2 heterocycles. The van der Waals surface area contributed by atoms with Gasteiger partial charge < -0.3 is 9.88 Å². The number of nitrogens with one attached hydrogen (secondary N) is 1. The lowest BCUT2D eigenvalue weighted by Crippen LogP contribution is -2.17. The van der Waals surface area contributed by atoms with Crippen molar-refractivity contribution in [2.45, 2.75) is 20.4 Å². The second kappa shape index (κ2) is 6.53. The van der Waals surface area contributed by atoms with Gasteiger partial charge in [-0.05, 0) is 31.5 Å². The lowest BCUT2D eigenvalue weighted by Gasteiger charge is -2.11. The first kappa shape index (κ1) is 16.3. The van der Waals surface area contributed by atoms with Crippen LogP contribution in [-0.4, -0.2) is 20.3 Å². The third-order valence-corrected chi connectivity index (χ3v) is 4.53. The highest BCUT2D eigenvalue weighted by molar-refractivity contribution is 6.31. The molecule has 24 heavy (non-hydrogen) atoms. The van der Waals surface area contributed by atoms with E-state index >= 15 is 0 Å². The van der Waals surface area contributed by atoms with Gasteiger partial charge in [-0.2, -0.15) is 5.10 Å². The highest BCUT2D eigenvalue weighted by atomic mass is 35.5. The Bertz CT molecular complexity index is 894. The van der Waals surface area contributed by atoms with E-state index in [1.807, 2.05) is 62.0 Å². The molecule has 6 heteroatoms. The summed E-state index contributed by atoms with van der Waals surface area (Å²) in [4.78, 5) is 12.6. The van der Waals surface area contributed by atoms with Crippen LogP contribution in [0.25, 0.3) is 0 Å². The summed E-state index contributed by atoms with van der Waals surface area (Å²) in [7, 11) is 1.92. The number of amides is 1. The van der Waals surface area contributed by atoms with Crippen LogP contribution in [0.1, 0.15) is 27.2 Å². The van der Waals surface area contributed by atoms with Gasteiger partial charge in [0.15, 0.2) is 0 Å². The number of rotatable bonds is 4. The Hall–Kier alpha value is -2.53. The average molecular weight is 343 g/mol. The van der Waals surface area contributed by atoms with Crippen LogP contribution in [0, 0.1) is 13.8 Å². The number of halogens is 1. The molecule has 0 aliphatic carbocycles. The molecule has 0 atom stereocenters. The minimum absolute atomic E-state index is 0.142. The van der Waals surface area contributed by atoms with E-state index in [2.05, 4.69) is 10.4 Å². The van der Waals surface area contributed by atoms with Crippen molar-refractivity contribution in [1.29, 1.82) is 0 Å². The summed E-state index contributed by atoms with van der Waals surface area (Å²) in [5.41, 5.74) is 3.43. The summed E-state index contributed by atoms with van der Waals surface area (Å²) in [5.74, 6) is 0.542. The van der Waals surface area contributed by atoms with Crippen molar-refractivity contribution in [2.24, 2.45) is 7.05 Å². The number of carbonyl (C=O) groups is 1. The number of aryl methyl sites for hydroxylation is 2. The van der Waals surface area contributed by atoms with E-state index in [4.69, 9.17) is 11.6 Å². The van der Waals surface area contributed by atoms with Gasteiger partial charge in [-0.1, -0.05) is 29.8 Å². The molecular weight excluding hydrogens is 324 g/mol. The second-order valence-corrected chi connectivity index (χ2v) is 6.21. The zero-order valence-electron chi connectivity index (χ0n) is 13.9. The molecule has 0 unspecified atom stereocenters. The molecule has 0 fully saturated rings. The summed E-state index contributed by atoms with van der Waals surface area (Å²) in [6, 6.07) is 9.43. The van der Waals surface area contributed by atoms with Gasteiger partial charge in [0.2, 0.25) is 0 Å². The normalized spacial score (nSPS) is 10.8. The Morgan fingerprint density at radius 3 is 2.67 bits per heavy atom. The third-order valence-electron chi connectivity index (χ3n) is 4.16. The smallest absolute Gasteiger partial charge is 0.258 e. The second-order valence-electron chi connectivity index (χ2n) is 5.81. The van der Waals surface area contributed by atoms with Crippen LogP contribution in [0.15, 0.2) is 42.7 Å². The molecule has 0 bridgehead atoms. The molecule has 0 radical (unpaired) electrons. The van der Waals surface area contributed by atoms with Gasteiger partial charge in [0.25, 0.3) is 5.91 Å². The predicted octanol–water partition coefficient (Wildman–Crippen LogP) is 3.79. The summed E-state index contributed by atoms with van der Waals surface area (Å²) >= 11 is 6.23. The highest BCUT2D eigenvalue weighted by Crippen LogP contribution is 2.21. The van der Waals surface area contributed by atoms with E-state index in [-0.39, 0.29) is 5.91 Å². The van der Waals surface area contributed by atoms with E-state index in [9.17, 15) is 4.79 Å². The average Bonchev–Trinajstić information content (AvgIpc) is 3.07. The molecule has 5 nitrogen and oxygen atoms in total. The molecular formula is C18H19ClN4O. The highest BCUT2D eigenvalue weighted by Gasteiger charge is 2.16. The van der Waals surface area contributed by atoms with Crippen molar-refractivity contribution >= 4 is 23.3 Å². The number of benzene rings is 1. The Labute approximate surface area is 145 Å². The quantitative estimate of drug-likeness (QED) is 0.784.